The summed E-state index contributed by atoms with van der Waals surface area (Å²) < 4.78 is 54.1. The summed E-state index contributed by atoms with van der Waals surface area (Å²) in [5.74, 6) is -1.18. The average molecular weight is 591 g/mol. The fourth-order valence-electron chi connectivity index (χ4n) is 4.77. The number of carboxylic acid groups (broad SMARTS) is 1. The van der Waals surface area contributed by atoms with E-state index in [9.17, 15) is 17.6 Å². The molecule has 0 spiro atoms. The number of hydrogen-bond donors (Lipinski definition) is 2. The van der Waals surface area contributed by atoms with Gasteiger partial charge in [0.05, 0.1) is 25.0 Å². The summed E-state index contributed by atoms with van der Waals surface area (Å²) in [6.07, 6.45) is 4.48. The molecule has 1 aliphatic carbocycles. The van der Waals surface area contributed by atoms with Crippen LogP contribution in [0.5, 0.6) is 11.5 Å². The van der Waals surface area contributed by atoms with E-state index >= 15 is 0 Å². The molecule has 2 aromatic carbocycles. The number of benzene rings is 2. The number of halogens is 1. The summed E-state index contributed by atoms with van der Waals surface area (Å²) >= 11 is 1.16. The van der Waals surface area contributed by atoms with Crippen molar-refractivity contribution in [1.82, 2.24) is 4.98 Å². The number of nitrogens with one attached hydrogen (secondary N) is 1. The number of ether oxygens (including phenoxy) is 2. The van der Waals surface area contributed by atoms with E-state index < -0.39 is 27.4 Å². The highest BCUT2D eigenvalue weighted by Crippen LogP contribution is 2.45. The maximum absolute atomic E-state index is 14.3. The van der Waals surface area contributed by atoms with Crippen LogP contribution in [0.15, 0.2) is 40.7 Å². The van der Waals surface area contributed by atoms with Crippen molar-refractivity contribution < 1.29 is 32.2 Å². The Hall–Kier alpha value is -3.18. The molecule has 1 aliphatic rings. The van der Waals surface area contributed by atoms with Crippen molar-refractivity contribution in [3.05, 3.63) is 52.7 Å². The molecule has 1 fully saturated rings. The van der Waals surface area contributed by atoms with Gasteiger partial charge in [-0.05, 0) is 60.6 Å². The number of hydrogen-bond acceptors (Lipinski definition) is 7. The molecule has 40 heavy (non-hydrogen) atoms. The minimum atomic E-state index is -4.23. The first kappa shape index (κ1) is 29.8. The van der Waals surface area contributed by atoms with Crippen molar-refractivity contribution in [3.63, 3.8) is 0 Å². The van der Waals surface area contributed by atoms with Crippen molar-refractivity contribution in [2.75, 3.05) is 18.4 Å². The SMILES string of the molecule is COc1cc(C(=O)O)c(F)cc1NS(=O)(=O)c1csc(-c2ccc(C3CCC(C)(C)CC3)c(OCC(C)C)c2)n1. The molecular formula is C29H35FN2O6S2. The lowest BCUT2D eigenvalue weighted by molar-refractivity contribution is 0.0691. The van der Waals surface area contributed by atoms with E-state index in [1.807, 2.05) is 12.1 Å². The smallest absolute Gasteiger partial charge is 0.338 e. The van der Waals surface area contributed by atoms with Crippen molar-refractivity contribution in [2.24, 2.45) is 11.3 Å². The van der Waals surface area contributed by atoms with Gasteiger partial charge in [-0.3, -0.25) is 4.72 Å². The predicted molar refractivity (Wildman–Crippen MR) is 154 cm³/mol. The number of aromatic nitrogens is 1. The molecule has 3 aromatic rings. The van der Waals surface area contributed by atoms with Crippen molar-refractivity contribution in [2.45, 2.75) is 64.3 Å². The Morgan fingerprint density at radius 3 is 2.52 bits per heavy atom. The highest BCUT2D eigenvalue weighted by Gasteiger charge is 2.30. The van der Waals surface area contributed by atoms with Crippen molar-refractivity contribution >= 4 is 33.0 Å². The van der Waals surface area contributed by atoms with Gasteiger partial charge in [-0.25, -0.2) is 14.2 Å². The Bertz CT molecular complexity index is 1490. The quantitative estimate of drug-likeness (QED) is 0.257. The van der Waals surface area contributed by atoms with Gasteiger partial charge in [0.15, 0.2) is 5.03 Å². The number of nitrogens with zero attached hydrogens (tertiary/aromatic N) is 1. The number of rotatable bonds is 10. The highest BCUT2D eigenvalue weighted by molar-refractivity contribution is 7.92. The monoisotopic (exact) mass is 590 g/mol. The largest absolute Gasteiger partial charge is 0.495 e. The van der Waals surface area contributed by atoms with Crippen molar-refractivity contribution in [1.29, 1.82) is 0 Å². The molecule has 0 aliphatic heterocycles. The van der Waals surface area contributed by atoms with Crippen LogP contribution in [-0.2, 0) is 10.0 Å². The summed E-state index contributed by atoms with van der Waals surface area (Å²) in [6, 6.07) is 7.65. The molecule has 0 atom stereocenters. The van der Waals surface area contributed by atoms with Gasteiger partial charge in [0.1, 0.15) is 22.3 Å². The van der Waals surface area contributed by atoms with Crippen LogP contribution < -0.4 is 14.2 Å². The molecule has 0 saturated heterocycles. The molecule has 0 radical (unpaired) electrons. The lowest BCUT2D eigenvalue weighted by Crippen LogP contribution is -2.20. The third-order valence-electron chi connectivity index (χ3n) is 7.13. The summed E-state index contributed by atoms with van der Waals surface area (Å²) in [4.78, 5) is 15.6. The Labute approximate surface area is 238 Å². The second kappa shape index (κ2) is 11.7. The van der Waals surface area contributed by atoms with E-state index in [2.05, 4.69) is 43.5 Å². The van der Waals surface area contributed by atoms with Crippen LogP contribution in [-0.4, -0.2) is 38.2 Å². The van der Waals surface area contributed by atoms with Gasteiger partial charge >= 0.3 is 5.97 Å². The highest BCUT2D eigenvalue weighted by atomic mass is 32.2. The molecule has 0 amide bonds. The van der Waals surface area contributed by atoms with Crippen LogP contribution in [0.3, 0.4) is 0 Å². The molecule has 0 bridgehead atoms. The van der Waals surface area contributed by atoms with Gasteiger partial charge in [-0.1, -0.05) is 39.8 Å². The van der Waals surface area contributed by atoms with Crippen molar-refractivity contribution in [3.8, 4) is 22.1 Å². The maximum atomic E-state index is 14.3. The molecule has 4 rings (SSSR count). The maximum Gasteiger partial charge on any atom is 0.338 e. The topological polar surface area (TPSA) is 115 Å². The van der Waals surface area contributed by atoms with Crippen LogP contribution in [0.4, 0.5) is 10.1 Å². The first-order valence-corrected chi connectivity index (χ1v) is 15.5. The molecule has 11 heteroatoms. The van der Waals surface area contributed by atoms with E-state index in [1.54, 1.807) is 0 Å². The van der Waals surface area contributed by atoms with Gasteiger partial charge in [0, 0.05) is 17.0 Å². The van der Waals surface area contributed by atoms with E-state index in [0.717, 1.165) is 60.5 Å². The van der Waals surface area contributed by atoms with E-state index in [1.165, 1.54) is 18.1 Å². The zero-order valence-corrected chi connectivity index (χ0v) is 24.9. The normalized spacial score (nSPS) is 15.7. The summed E-state index contributed by atoms with van der Waals surface area (Å²) in [5, 5.41) is 10.8. The minimum Gasteiger partial charge on any atom is -0.495 e. The number of carboxylic acids is 1. The van der Waals surface area contributed by atoms with Gasteiger partial charge in [-0.2, -0.15) is 8.42 Å². The fourth-order valence-corrected chi connectivity index (χ4v) is 6.93. The Morgan fingerprint density at radius 1 is 1.20 bits per heavy atom. The number of thiazole rings is 1. The van der Waals surface area contributed by atoms with Gasteiger partial charge < -0.3 is 14.6 Å². The van der Waals surface area contributed by atoms with Crippen LogP contribution in [0.1, 0.15) is 75.2 Å². The zero-order valence-electron chi connectivity index (χ0n) is 23.3. The van der Waals surface area contributed by atoms with Crippen LogP contribution in [0.25, 0.3) is 10.6 Å². The summed E-state index contributed by atoms with van der Waals surface area (Å²) in [5.41, 5.74) is 1.39. The molecule has 0 unspecified atom stereocenters. The first-order chi connectivity index (χ1) is 18.8. The van der Waals surface area contributed by atoms with E-state index in [-0.39, 0.29) is 16.5 Å². The number of anilines is 1. The lowest BCUT2D eigenvalue weighted by atomic mass is 9.71. The lowest BCUT2D eigenvalue weighted by Gasteiger charge is -2.35. The Kier molecular flexibility index (Phi) is 8.75. The number of sulfonamides is 1. The molecule has 1 saturated carbocycles. The summed E-state index contributed by atoms with van der Waals surface area (Å²) in [7, 11) is -3.00. The number of carbonyl (C=O) groups is 1. The van der Waals surface area contributed by atoms with Crippen LogP contribution in [0.2, 0.25) is 0 Å². The van der Waals surface area contributed by atoms with Gasteiger partial charge in [0.2, 0.25) is 0 Å². The Morgan fingerprint density at radius 2 is 1.90 bits per heavy atom. The van der Waals surface area contributed by atoms with Crippen LogP contribution in [0, 0.1) is 17.2 Å². The standard InChI is InChI=1S/C29H35FN2O6S2/c1-17(2)15-38-24-12-19(6-7-20(24)18-8-10-29(3,4)11-9-18)27-31-26(16-39-27)40(35,36)32-23-14-22(30)21(28(33)34)13-25(23)37-5/h6-7,12-14,16-18,32H,8-11,15H2,1-5H3,(H,33,34). The first-order valence-electron chi connectivity index (χ1n) is 13.2. The second-order valence-corrected chi connectivity index (χ2v) is 13.8. The minimum absolute atomic E-state index is 0.133. The zero-order chi connectivity index (χ0) is 29.2. The predicted octanol–water partition coefficient (Wildman–Crippen LogP) is 7.18. The third kappa shape index (κ3) is 6.75. The summed E-state index contributed by atoms with van der Waals surface area (Å²) in [6.45, 7) is 9.36. The Balaban J connectivity index is 1.61. The molecular weight excluding hydrogens is 555 g/mol. The van der Waals surface area contributed by atoms with Crippen LogP contribution >= 0.6 is 11.3 Å². The van der Waals surface area contributed by atoms with Gasteiger partial charge in [-0.15, -0.1) is 11.3 Å². The average Bonchev–Trinajstić information content (AvgIpc) is 3.39. The number of aromatic carboxylic acids is 1. The number of methoxy groups -OCH3 is 1. The third-order valence-corrected chi connectivity index (χ3v) is 9.42. The molecule has 8 nitrogen and oxygen atoms in total. The van der Waals surface area contributed by atoms with E-state index in [4.69, 9.17) is 14.6 Å². The second-order valence-electron chi connectivity index (χ2n) is 11.3. The molecule has 216 valence electrons. The van der Waals surface area contributed by atoms with Gasteiger partial charge in [0.25, 0.3) is 10.0 Å². The van der Waals surface area contributed by atoms with E-state index in [0.29, 0.717) is 28.9 Å². The molecule has 1 heterocycles. The fraction of sp³-hybridized carbons (Fsp3) is 0.448. The molecule has 1 aromatic heterocycles. The molecule has 2 N–H and O–H groups in total.